The molecule has 4 heteroatoms. The highest BCUT2D eigenvalue weighted by Gasteiger charge is 2.07. The summed E-state index contributed by atoms with van der Waals surface area (Å²) in [5.41, 5.74) is 2.00. The number of fused-ring (bicyclic) bond motifs is 1. The van der Waals surface area contributed by atoms with E-state index in [1.807, 2.05) is 42.5 Å². The molecule has 0 spiro atoms. The van der Waals surface area contributed by atoms with Crippen molar-refractivity contribution in [2.24, 2.45) is 10.2 Å². The van der Waals surface area contributed by atoms with Crippen molar-refractivity contribution >= 4 is 27.9 Å². The van der Waals surface area contributed by atoms with Crippen LogP contribution in [0.4, 0.5) is 5.82 Å². The van der Waals surface area contributed by atoms with Gasteiger partial charge in [-0.25, -0.2) is 4.98 Å². The van der Waals surface area contributed by atoms with Crippen LogP contribution in [0, 0.1) is 0 Å². The lowest BCUT2D eigenvalue weighted by Gasteiger charge is -2.06. The first-order valence-electron chi connectivity index (χ1n) is 7.75. The number of thiophene rings is 1. The van der Waals surface area contributed by atoms with Crippen molar-refractivity contribution in [3.63, 3.8) is 0 Å². The minimum absolute atomic E-state index is 0.587. The number of pyridine rings is 1. The molecule has 116 valence electrons. The van der Waals surface area contributed by atoms with E-state index in [1.54, 1.807) is 11.3 Å². The lowest BCUT2D eigenvalue weighted by atomic mass is 10.1. The number of hydrogen-bond donors (Lipinski definition) is 0. The zero-order valence-electron chi connectivity index (χ0n) is 13.0. The Balaban J connectivity index is 1.76. The molecule has 0 atom stereocenters. The van der Waals surface area contributed by atoms with Gasteiger partial charge < -0.3 is 0 Å². The summed E-state index contributed by atoms with van der Waals surface area (Å²) in [5.74, 6) is 0.670. The van der Waals surface area contributed by atoms with Crippen LogP contribution in [0.5, 0.6) is 0 Å². The van der Waals surface area contributed by atoms with Crippen molar-refractivity contribution in [2.75, 3.05) is 0 Å². The number of benzene rings is 2. The van der Waals surface area contributed by atoms with Gasteiger partial charge in [-0.2, -0.15) is 5.11 Å². The van der Waals surface area contributed by atoms with E-state index in [1.165, 1.54) is 4.88 Å². The van der Waals surface area contributed by atoms with Gasteiger partial charge in [-0.1, -0.05) is 60.7 Å². The first kappa shape index (κ1) is 14.7. The molecule has 0 unspecified atom stereocenters. The first-order valence-corrected chi connectivity index (χ1v) is 8.63. The number of azo groups is 1. The summed E-state index contributed by atoms with van der Waals surface area (Å²) in [5, 5.41) is 13.0. The van der Waals surface area contributed by atoms with Gasteiger partial charge in [0.25, 0.3) is 0 Å². The number of nitrogens with zero attached hydrogens (tertiary/aromatic N) is 3. The average molecular weight is 329 g/mol. The molecule has 4 rings (SSSR count). The molecule has 0 saturated carbocycles. The third-order valence-electron chi connectivity index (χ3n) is 3.76. The molecule has 2 heterocycles. The van der Waals surface area contributed by atoms with Crippen molar-refractivity contribution in [1.82, 2.24) is 4.98 Å². The highest BCUT2D eigenvalue weighted by Crippen LogP contribution is 2.29. The molecule has 0 aliphatic rings. The van der Waals surface area contributed by atoms with Crippen LogP contribution in [0.15, 0.2) is 88.4 Å². The first-order chi connectivity index (χ1) is 11.9. The summed E-state index contributed by atoms with van der Waals surface area (Å²) in [6.45, 7) is 0.587. The number of hydrogen-bond acceptors (Lipinski definition) is 4. The molecular weight excluding hydrogens is 314 g/mol. The summed E-state index contributed by atoms with van der Waals surface area (Å²) in [7, 11) is 0. The zero-order chi connectivity index (χ0) is 16.2. The summed E-state index contributed by atoms with van der Waals surface area (Å²) < 4.78 is 0. The maximum atomic E-state index is 4.73. The molecular formula is C20H15N3S. The monoisotopic (exact) mass is 329 g/mol. The van der Waals surface area contributed by atoms with Crippen LogP contribution in [0.25, 0.3) is 22.0 Å². The highest BCUT2D eigenvalue weighted by molar-refractivity contribution is 7.09. The Labute approximate surface area is 144 Å². The van der Waals surface area contributed by atoms with Gasteiger partial charge in [-0.05, 0) is 22.9 Å². The van der Waals surface area contributed by atoms with Gasteiger partial charge in [0, 0.05) is 15.8 Å². The van der Waals surface area contributed by atoms with Crippen LogP contribution >= 0.6 is 11.3 Å². The minimum Gasteiger partial charge on any atom is -0.226 e. The normalized spacial score (nSPS) is 11.3. The number of rotatable bonds is 4. The van der Waals surface area contributed by atoms with Gasteiger partial charge in [-0.3, -0.25) is 0 Å². The number of aromatic nitrogens is 1. The standard InChI is InChI=1S/C20H15N3S/c1-2-7-15(8-3-1)19-13-16-9-4-5-11-18(16)20(22-19)23-21-14-17-10-6-12-24-17/h1-13H,14H2. The smallest absolute Gasteiger partial charge is 0.182 e. The fourth-order valence-electron chi connectivity index (χ4n) is 2.59. The van der Waals surface area contributed by atoms with Crippen LogP contribution < -0.4 is 0 Å². The predicted octanol–water partition coefficient (Wildman–Crippen LogP) is 6.25. The molecule has 0 fully saturated rings. The summed E-state index contributed by atoms with van der Waals surface area (Å²) in [6, 6.07) is 24.5. The van der Waals surface area contributed by atoms with Crippen molar-refractivity contribution in [3.05, 3.63) is 83.1 Å². The van der Waals surface area contributed by atoms with E-state index in [0.29, 0.717) is 12.4 Å². The largest absolute Gasteiger partial charge is 0.226 e. The molecule has 24 heavy (non-hydrogen) atoms. The molecule has 3 nitrogen and oxygen atoms in total. The van der Waals surface area contributed by atoms with E-state index in [4.69, 9.17) is 4.98 Å². The molecule has 0 aliphatic carbocycles. The van der Waals surface area contributed by atoms with Crippen LogP contribution in [0.1, 0.15) is 4.88 Å². The van der Waals surface area contributed by atoms with E-state index >= 15 is 0 Å². The molecule has 0 aliphatic heterocycles. The topological polar surface area (TPSA) is 37.6 Å². The summed E-state index contributed by atoms with van der Waals surface area (Å²) in [6.07, 6.45) is 0. The Morgan fingerprint density at radius 1 is 0.875 bits per heavy atom. The van der Waals surface area contributed by atoms with Crippen molar-refractivity contribution in [3.8, 4) is 11.3 Å². The maximum Gasteiger partial charge on any atom is 0.182 e. The Bertz CT molecular complexity index is 976. The second-order valence-corrected chi connectivity index (χ2v) is 6.43. The Morgan fingerprint density at radius 2 is 1.71 bits per heavy atom. The maximum absolute atomic E-state index is 4.73. The molecule has 2 aromatic carbocycles. The SMILES string of the molecule is c1ccc(-c2cc3ccccc3c(N=NCc3cccs3)n2)cc1. The van der Waals surface area contributed by atoms with Crippen LogP contribution in [0.3, 0.4) is 0 Å². The minimum atomic E-state index is 0.587. The fourth-order valence-corrected chi connectivity index (χ4v) is 3.21. The Hall–Kier alpha value is -2.85. The Kier molecular flexibility index (Phi) is 4.13. The van der Waals surface area contributed by atoms with Gasteiger partial charge >= 0.3 is 0 Å². The molecule has 0 amide bonds. The van der Waals surface area contributed by atoms with Crippen LogP contribution in [0.2, 0.25) is 0 Å². The summed E-state index contributed by atoms with van der Waals surface area (Å²) >= 11 is 1.69. The second kappa shape index (κ2) is 6.72. The highest BCUT2D eigenvalue weighted by atomic mass is 32.1. The van der Waals surface area contributed by atoms with Crippen molar-refractivity contribution < 1.29 is 0 Å². The van der Waals surface area contributed by atoms with Gasteiger partial charge in [0.15, 0.2) is 5.82 Å². The molecule has 0 bridgehead atoms. The molecule has 2 aromatic heterocycles. The van der Waals surface area contributed by atoms with Crippen LogP contribution in [-0.2, 0) is 6.54 Å². The molecule has 0 N–H and O–H groups in total. The van der Waals surface area contributed by atoms with Crippen molar-refractivity contribution in [2.45, 2.75) is 6.54 Å². The van der Waals surface area contributed by atoms with E-state index in [2.05, 4.69) is 45.9 Å². The van der Waals surface area contributed by atoms with E-state index in [0.717, 1.165) is 22.0 Å². The average Bonchev–Trinajstić information content (AvgIpc) is 3.16. The third-order valence-corrected chi connectivity index (χ3v) is 4.62. The van der Waals surface area contributed by atoms with E-state index in [9.17, 15) is 0 Å². The van der Waals surface area contributed by atoms with Gasteiger partial charge in [0.1, 0.15) is 0 Å². The molecule has 4 aromatic rings. The quantitative estimate of drug-likeness (QED) is 0.408. The van der Waals surface area contributed by atoms with Gasteiger partial charge in [-0.15, -0.1) is 16.5 Å². The molecule has 0 radical (unpaired) electrons. The van der Waals surface area contributed by atoms with Gasteiger partial charge in [0.2, 0.25) is 0 Å². The fraction of sp³-hybridized carbons (Fsp3) is 0.0500. The van der Waals surface area contributed by atoms with Crippen molar-refractivity contribution in [1.29, 1.82) is 0 Å². The third kappa shape index (κ3) is 3.09. The van der Waals surface area contributed by atoms with Gasteiger partial charge in [0.05, 0.1) is 12.2 Å². The summed E-state index contributed by atoms with van der Waals surface area (Å²) in [4.78, 5) is 5.93. The van der Waals surface area contributed by atoms with E-state index in [-0.39, 0.29) is 0 Å². The predicted molar refractivity (Wildman–Crippen MR) is 99.7 cm³/mol. The Morgan fingerprint density at radius 3 is 2.54 bits per heavy atom. The zero-order valence-corrected chi connectivity index (χ0v) is 13.8. The lowest BCUT2D eigenvalue weighted by Crippen LogP contribution is -1.86. The lowest BCUT2D eigenvalue weighted by molar-refractivity contribution is 0.968. The van der Waals surface area contributed by atoms with Crippen LogP contribution in [-0.4, -0.2) is 4.98 Å². The second-order valence-electron chi connectivity index (χ2n) is 5.40. The van der Waals surface area contributed by atoms with E-state index < -0.39 is 0 Å². The molecule has 0 saturated heterocycles.